The first kappa shape index (κ1) is 13.1. The molecule has 1 heterocycles. The van der Waals surface area contributed by atoms with E-state index >= 15 is 0 Å². The van der Waals surface area contributed by atoms with Crippen molar-refractivity contribution < 1.29 is 4.79 Å². The van der Waals surface area contributed by atoms with Gasteiger partial charge < -0.3 is 0 Å². The molecule has 0 spiro atoms. The molecule has 0 saturated heterocycles. The second-order valence-corrected chi connectivity index (χ2v) is 5.24. The maximum absolute atomic E-state index is 11.0. The van der Waals surface area contributed by atoms with Gasteiger partial charge in [-0.25, -0.2) is 5.84 Å². The Bertz CT molecular complexity index is 364. The Hall–Kier alpha value is -1.01. The SMILES string of the molecule is Cc1cc(SC(C)CCC(=O)NN)n(C)n1. The quantitative estimate of drug-likeness (QED) is 0.349. The normalized spacial score (nSPS) is 12.5. The summed E-state index contributed by atoms with van der Waals surface area (Å²) >= 11 is 1.72. The number of nitrogens with one attached hydrogen (secondary N) is 1. The van der Waals surface area contributed by atoms with Crippen LogP contribution in [0.25, 0.3) is 0 Å². The molecule has 6 heteroatoms. The molecular formula is C10H18N4OS. The van der Waals surface area contributed by atoms with E-state index in [4.69, 9.17) is 5.84 Å². The van der Waals surface area contributed by atoms with Gasteiger partial charge in [0.25, 0.3) is 0 Å². The van der Waals surface area contributed by atoms with Crippen molar-refractivity contribution in [3.8, 4) is 0 Å². The number of hydrazine groups is 1. The van der Waals surface area contributed by atoms with Crippen LogP contribution in [0.1, 0.15) is 25.5 Å². The molecule has 1 aromatic heterocycles. The second-order valence-electron chi connectivity index (χ2n) is 3.78. The monoisotopic (exact) mass is 242 g/mol. The number of hydrogen-bond acceptors (Lipinski definition) is 4. The van der Waals surface area contributed by atoms with Crippen molar-refractivity contribution in [1.29, 1.82) is 0 Å². The predicted molar refractivity (Wildman–Crippen MR) is 64.8 cm³/mol. The molecule has 1 atom stereocenters. The zero-order chi connectivity index (χ0) is 12.1. The number of carbonyl (C=O) groups excluding carboxylic acids is 1. The van der Waals surface area contributed by atoms with Crippen molar-refractivity contribution in [2.75, 3.05) is 0 Å². The molecule has 0 radical (unpaired) electrons. The topological polar surface area (TPSA) is 72.9 Å². The summed E-state index contributed by atoms with van der Waals surface area (Å²) in [5.74, 6) is 4.90. The zero-order valence-corrected chi connectivity index (χ0v) is 10.7. The Kier molecular flexibility index (Phi) is 4.82. The third kappa shape index (κ3) is 3.86. The summed E-state index contributed by atoms with van der Waals surface area (Å²) in [6.45, 7) is 4.06. The van der Waals surface area contributed by atoms with E-state index in [1.54, 1.807) is 11.8 Å². The van der Waals surface area contributed by atoms with E-state index in [1.807, 2.05) is 24.7 Å². The number of nitrogens with two attached hydrogens (primary N) is 1. The minimum absolute atomic E-state index is 0.117. The fraction of sp³-hybridized carbons (Fsp3) is 0.600. The Morgan fingerprint density at radius 2 is 2.44 bits per heavy atom. The Morgan fingerprint density at radius 1 is 1.75 bits per heavy atom. The lowest BCUT2D eigenvalue weighted by Gasteiger charge is -2.10. The van der Waals surface area contributed by atoms with E-state index in [2.05, 4.69) is 17.4 Å². The Morgan fingerprint density at radius 3 is 2.94 bits per heavy atom. The molecule has 0 saturated carbocycles. The van der Waals surface area contributed by atoms with Gasteiger partial charge in [-0.1, -0.05) is 6.92 Å². The number of aryl methyl sites for hydroxylation is 2. The summed E-state index contributed by atoms with van der Waals surface area (Å²) in [6, 6.07) is 2.05. The lowest BCUT2D eigenvalue weighted by atomic mass is 10.2. The lowest BCUT2D eigenvalue weighted by molar-refractivity contribution is -0.121. The van der Waals surface area contributed by atoms with Gasteiger partial charge in [-0.2, -0.15) is 5.10 Å². The van der Waals surface area contributed by atoms with Crippen molar-refractivity contribution in [3.63, 3.8) is 0 Å². The average molecular weight is 242 g/mol. The molecule has 3 N–H and O–H groups in total. The average Bonchev–Trinajstić information content (AvgIpc) is 2.54. The molecule has 0 aliphatic rings. The maximum atomic E-state index is 11.0. The third-order valence-electron chi connectivity index (χ3n) is 2.22. The molecule has 1 rings (SSSR count). The molecule has 1 unspecified atom stereocenters. The van der Waals surface area contributed by atoms with Crippen LogP contribution < -0.4 is 11.3 Å². The van der Waals surface area contributed by atoms with E-state index in [0.29, 0.717) is 11.7 Å². The Labute approximate surface area is 99.7 Å². The summed E-state index contributed by atoms with van der Waals surface area (Å²) < 4.78 is 1.86. The first-order chi connectivity index (χ1) is 7.52. The zero-order valence-electron chi connectivity index (χ0n) is 9.86. The Balaban J connectivity index is 2.42. The number of nitrogens with zero attached hydrogens (tertiary/aromatic N) is 2. The standard InChI is InChI=1S/C10H18N4OS/c1-7-6-10(14(3)13-7)16-8(2)4-5-9(15)12-11/h6,8H,4-5,11H2,1-3H3,(H,12,15). The fourth-order valence-corrected chi connectivity index (χ4v) is 2.45. The second kappa shape index (κ2) is 5.91. The minimum atomic E-state index is -0.117. The predicted octanol–water partition coefficient (Wildman–Crippen LogP) is 0.979. The third-order valence-corrected chi connectivity index (χ3v) is 3.48. The van der Waals surface area contributed by atoms with Crippen molar-refractivity contribution >= 4 is 17.7 Å². The highest BCUT2D eigenvalue weighted by Gasteiger charge is 2.10. The first-order valence-electron chi connectivity index (χ1n) is 5.19. The number of thioether (sulfide) groups is 1. The molecular weight excluding hydrogens is 224 g/mol. The van der Waals surface area contributed by atoms with Crippen LogP contribution in [0.15, 0.2) is 11.1 Å². The van der Waals surface area contributed by atoms with E-state index < -0.39 is 0 Å². The molecule has 90 valence electrons. The molecule has 16 heavy (non-hydrogen) atoms. The molecule has 0 aromatic carbocycles. The number of hydrogen-bond donors (Lipinski definition) is 2. The molecule has 0 fully saturated rings. The highest BCUT2D eigenvalue weighted by molar-refractivity contribution is 7.99. The molecule has 0 aliphatic carbocycles. The van der Waals surface area contributed by atoms with Gasteiger partial charge in [0, 0.05) is 18.7 Å². The summed E-state index contributed by atoms with van der Waals surface area (Å²) in [5, 5.41) is 5.76. The highest BCUT2D eigenvalue weighted by atomic mass is 32.2. The highest BCUT2D eigenvalue weighted by Crippen LogP contribution is 2.25. The summed E-state index contributed by atoms with van der Waals surface area (Å²) in [6.07, 6.45) is 1.26. The van der Waals surface area contributed by atoms with Crippen LogP contribution in [-0.4, -0.2) is 20.9 Å². The molecule has 1 amide bonds. The van der Waals surface area contributed by atoms with Crippen molar-refractivity contribution in [3.05, 3.63) is 11.8 Å². The summed E-state index contributed by atoms with van der Waals surface area (Å²) in [7, 11) is 1.93. The number of carbonyl (C=O) groups is 1. The van der Waals surface area contributed by atoms with Crippen molar-refractivity contribution in [1.82, 2.24) is 15.2 Å². The van der Waals surface area contributed by atoms with E-state index in [1.165, 1.54) is 0 Å². The van der Waals surface area contributed by atoms with Crippen LogP contribution in [0.5, 0.6) is 0 Å². The van der Waals surface area contributed by atoms with Gasteiger partial charge in [0.15, 0.2) is 0 Å². The van der Waals surface area contributed by atoms with Gasteiger partial charge in [-0.15, -0.1) is 11.8 Å². The van der Waals surface area contributed by atoms with Gasteiger partial charge in [0.1, 0.15) is 0 Å². The number of amides is 1. The van der Waals surface area contributed by atoms with Crippen LogP contribution in [-0.2, 0) is 11.8 Å². The molecule has 0 bridgehead atoms. The summed E-state index contributed by atoms with van der Waals surface area (Å²) in [4.78, 5) is 11.0. The fourth-order valence-electron chi connectivity index (χ4n) is 1.37. The van der Waals surface area contributed by atoms with Crippen LogP contribution in [0.4, 0.5) is 0 Å². The lowest BCUT2D eigenvalue weighted by Crippen LogP contribution is -2.30. The molecule has 1 aromatic rings. The van der Waals surface area contributed by atoms with Crippen LogP contribution in [0.2, 0.25) is 0 Å². The molecule has 5 nitrogen and oxygen atoms in total. The molecule has 0 aliphatic heterocycles. The van der Waals surface area contributed by atoms with E-state index in [9.17, 15) is 4.79 Å². The van der Waals surface area contributed by atoms with Crippen LogP contribution >= 0.6 is 11.8 Å². The minimum Gasteiger partial charge on any atom is -0.294 e. The van der Waals surface area contributed by atoms with Crippen LogP contribution in [0.3, 0.4) is 0 Å². The van der Waals surface area contributed by atoms with Crippen molar-refractivity contribution in [2.45, 2.75) is 37.0 Å². The smallest absolute Gasteiger partial charge is 0.233 e. The summed E-state index contributed by atoms with van der Waals surface area (Å²) in [5.41, 5.74) is 3.14. The van der Waals surface area contributed by atoms with Gasteiger partial charge in [0.2, 0.25) is 5.91 Å². The van der Waals surface area contributed by atoms with Crippen molar-refractivity contribution in [2.24, 2.45) is 12.9 Å². The first-order valence-corrected chi connectivity index (χ1v) is 6.07. The van der Waals surface area contributed by atoms with Gasteiger partial charge in [-0.3, -0.25) is 14.9 Å². The number of rotatable bonds is 5. The van der Waals surface area contributed by atoms with Gasteiger partial charge in [-0.05, 0) is 19.4 Å². The number of aromatic nitrogens is 2. The van der Waals surface area contributed by atoms with Gasteiger partial charge in [0.05, 0.1) is 10.7 Å². The van der Waals surface area contributed by atoms with E-state index in [0.717, 1.165) is 17.1 Å². The maximum Gasteiger partial charge on any atom is 0.233 e. The van der Waals surface area contributed by atoms with E-state index in [-0.39, 0.29) is 5.91 Å². The van der Waals surface area contributed by atoms with Crippen LogP contribution in [0, 0.1) is 6.92 Å². The van der Waals surface area contributed by atoms with Gasteiger partial charge >= 0.3 is 0 Å². The largest absolute Gasteiger partial charge is 0.294 e.